The molecule has 0 radical (unpaired) electrons. The number of fused-ring (bicyclic) bond motifs is 1. The highest BCUT2D eigenvalue weighted by Gasteiger charge is 2.44. The van der Waals surface area contributed by atoms with Crippen molar-refractivity contribution in [1.29, 1.82) is 0 Å². The number of carbonyl (C=O) groups excluding carboxylic acids is 5. The minimum Gasteiger partial charge on any atom is -0.367 e. The van der Waals surface area contributed by atoms with Gasteiger partial charge in [-0.3, -0.25) is 37.7 Å². The molecule has 136 valence electrons. The maximum absolute atomic E-state index is 12.6. The van der Waals surface area contributed by atoms with Crippen LogP contribution in [0.5, 0.6) is 0 Å². The molecule has 1 fully saturated rings. The first kappa shape index (κ1) is 18.5. The second-order valence-corrected chi connectivity index (χ2v) is 6.38. The van der Waals surface area contributed by atoms with Crippen LogP contribution in [0.1, 0.15) is 39.1 Å². The number of amides is 5. The molecular weight excluding hydrogens is 457 g/mol. The van der Waals surface area contributed by atoms with Crippen molar-refractivity contribution in [2.45, 2.75) is 25.5 Å². The number of ether oxygens (including phenoxy) is 1. The van der Waals surface area contributed by atoms with Crippen LogP contribution >= 0.6 is 22.9 Å². The monoisotopic (exact) mass is 471 g/mol. The Morgan fingerprint density at radius 3 is 2.65 bits per heavy atom. The average Bonchev–Trinajstić information content (AvgIpc) is 2.86. The molecule has 2 N–H and O–H groups in total. The molecule has 0 aliphatic carbocycles. The van der Waals surface area contributed by atoms with E-state index in [4.69, 9.17) is 4.74 Å². The van der Waals surface area contributed by atoms with Crippen molar-refractivity contribution < 1.29 is 28.7 Å². The van der Waals surface area contributed by atoms with Crippen molar-refractivity contribution in [3.63, 3.8) is 0 Å². The van der Waals surface area contributed by atoms with Gasteiger partial charge < -0.3 is 4.74 Å². The standard InChI is InChI=1S/C16H14IN3O6/c17-19-13(22)7-26-6-8-1-2-9-10(5-8)16(25)20(15(9)24)11-3-4-12(21)18-14(11)23/h1-2,5,11H,3-4,6-7H2,(H,19,22)(H,18,21,23). The Bertz CT molecular complexity index is 824. The van der Waals surface area contributed by atoms with Gasteiger partial charge in [-0.05, 0) is 24.1 Å². The van der Waals surface area contributed by atoms with Crippen LogP contribution in [-0.4, -0.2) is 47.1 Å². The van der Waals surface area contributed by atoms with E-state index < -0.39 is 29.7 Å². The van der Waals surface area contributed by atoms with Crippen LogP contribution < -0.4 is 8.85 Å². The fraction of sp³-hybridized carbons (Fsp3) is 0.312. The highest BCUT2D eigenvalue weighted by Crippen LogP contribution is 2.28. The summed E-state index contributed by atoms with van der Waals surface area (Å²) in [6.45, 7) is -0.0352. The smallest absolute Gasteiger partial charge is 0.262 e. The van der Waals surface area contributed by atoms with Crippen LogP contribution in [0.3, 0.4) is 0 Å². The topological polar surface area (TPSA) is 122 Å². The lowest BCUT2D eigenvalue weighted by Gasteiger charge is -2.27. The van der Waals surface area contributed by atoms with E-state index in [1.54, 1.807) is 28.9 Å². The number of piperidine rings is 1. The van der Waals surface area contributed by atoms with Crippen LogP contribution in [0.2, 0.25) is 0 Å². The normalized spacial score (nSPS) is 19.4. The molecule has 0 bridgehead atoms. The Hall–Kier alpha value is -2.34. The summed E-state index contributed by atoms with van der Waals surface area (Å²) in [5.74, 6) is -2.49. The Balaban J connectivity index is 1.76. The van der Waals surface area contributed by atoms with Gasteiger partial charge in [0.25, 0.3) is 17.7 Å². The molecule has 2 aliphatic rings. The Labute approximate surface area is 161 Å². The van der Waals surface area contributed by atoms with Gasteiger partial charge in [-0.15, -0.1) is 0 Å². The van der Waals surface area contributed by atoms with Gasteiger partial charge in [-0.1, -0.05) is 6.07 Å². The highest BCUT2D eigenvalue weighted by atomic mass is 127. The molecule has 9 nitrogen and oxygen atoms in total. The first-order valence-corrected chi connectivity index (χ1v) is 8.82. The number of nitrogens with zero attached hydrogens (tertiary/aromatic N) is 1. The zero-order valence-electron chi connectivity index (χ0n) is 13.4. The van der Waals surface area contributed by atoms with Crippen molar-refractivity contribution >= 4 is 52.4 Å². The Morgan fingerprint density at radius 1 is 1.23 bits per heavy atom. The predicted molar refractivity (Wildman–Crippen MR) is 94.9 cm³/mol. The van der Waals surface area contributed by atoms with Crippen molar-refractivity contribution in [3.8, 4) is 0 Å². The molecule has 0 spiro atoms. The molecule has 5 amide bonds. The van der Waals surface area contributed by atoms with E-state index in [2.05, 4.69) is 8.85 Å². The number of hydrogen-bond donors (Lipinski definition) is 2. The van der Waals surface area contributed by atoms with Crippen LogP contribution in [0.4, 0.5) is 0 Å². The average molecular weight is 471 g/mol. The van der Waals surface area contributed by atoms with E-state index >= 15 is 0 Å². The van der Waals surface area contributed by atoms with Gasteiger partial charge in [0, 0.05) is 6.42 Å². The molecule has 1 aromatic rings. The van der Waals surface area contributed by atoms with Crippen molar-refractivity contribution in [1.82, 2.24) is 13.7 Å². The second kappa shape index (κ2) is 7.50. The third-order valence-electron chi connectivity index (χ3n) is 4.11. The number of rotatable bonds is 5. The maximum Gasteiger partial charge on any atom is 0.262 e. The van der Waals surface area contributed by atoms with Crippen LogP contribution in [0, 0.1) is 0 Å². The summed E-state index contributed by atoms with van der Waals surface area (Å²) in [6, 6.07) is 3.65. The summed E-state index contributed by atoms with van der Waals surface area (Å²) in [5.41, 5.74) is 1.00. The number of imide groups is 2. The molecule has 2 aliphatic heterocycles. The third kappa shape index (κ3) is 3.46. The van der Waals surface area contributed by atoms with Gasteiger partial charge >= 0.3 is 0 Å². The van der Waals surface area contributed by atoms with E-state index in [1.165, 1.54) is 12.1 Å². The summed E-state index contributed by atoms with van der Waals surface area (Å²) < 4.78 is 7.63. The second-order valence-electron chi connectivity index (χ2n) is 5.84. The van der Waals surface area contributed by atoms with Gasteiger partial charge in [0.05, 0.1) is 40.6 Å². The van der Waals surface area contributed by atoms with E-state index in [9.17, 15) is 24.0 Å². The molecule has 0 aromatic heterocycles. The molecular formula is C16H14IN3O6. The van der Waals surface area contributed by atoms with Gasteiger partial charge in [0.1, 0.15) is 12.6 Å². The number of nitrogens with one attached hydrogen (secondary N) is 2. The molecule has 10 heteroatoms. The summed E-state index contributed by atoms with van der Waals surface area (Å²) in [4.78, 5) is 60.5. The number of carbonyl (C=O) groups is 5. The largest absolute Gasteiger partial charge is 0.367 e. The van der Waals surface area contributed by atoms with E-state index in [0.717, 1.165) is 4.90 Å². The predicted octanol–water partition coefficient (Wildman–Crippen LogP) is 0.0706. The SMILES string of the molecule is O=C(COCc1ccc2c(c1)C(=O)N(C1CCC(=O)NC1=O)C2=O)NI. The molecule has 1 aromatic carbocycles. The minimum atomic E-state index is -0.993. The lowest BCUT2D eigenvalue weighted by molar-refractivity contribution is -0.136. The molecule has 1 atom stereocenters. The fourth-order valence-corrected chi connectivity index (χ4v) is 3.05. The van der Waals surface area contributed by atoms with Crippen molar-refractivity contribution in [3.05, 3.63) is 34.9 Å². The van der Waals surface area contributed by atoms with Gasteiger partial charge in [-0.25, -0.2) is 0 Å². The minimum absolute atomic E-state index is 0.0712. The van der Waals surface area contributed by atoms with Gasteiger partial charge in [0.15, 0.2) is 0 Å². The Kier molecular flexibility index (Phi) is 5.32. The first-order chi connectivity index (χ1) is 12.4. The fourth-order valence-electron chi connectivity index (χ4n) is 2.90. The summed E-state index contributed by atoms with van der Waals surface area (Å²) in [6.07, 6.45) is 0.180. The highest BCUT2D eigenvalue weighted by molar-refractivity contribution is 14.1. The molecule has 2 heterocycles. The number of halogens is 1. The van der Waals surface area contributed by atoms with Crippen LogP contribution in [0.25, 0.3) is 0 Å². The lowest BCUT2D eigenvalue weighted by atomic mass is 10.0. The lowest BCUT2D eigenvalue weighted by Crippen LogP contribution is -2.54. The first-order valence-electron chi connectivity index (χ1n) is 7.74. The zero-order valence-corrected chi connectivity index (χ0v) is 15.6. The maximum atomic E-state index is 12.6. The van der Waals surface area contributed by atoms with Crippen molar-refractivity contribution in [2.24, 2.45) is 0 Å². The van der Waals surface area contributed by atoms with E-state index in [-0.39, 0.29) is 43.1 Å². The molecule has 26 heavy (non-hydrogen) atoms. The molecule has 1 saturated heterocycles. The van der Waals surface area contributed by atoms with Crippen LogP contribution in [-0.2, 0) is 25.7 Å². The zero-order chi connectivity index (χ0) is 18.8. The van der Waals surface area contributed by atoms with Crippen molar-refractivity contribution in [2.75, 3.05) is 6.61 Å². The summed E-state index contributed by atoms with van der Waals surface area (Å²) in [7, 11) is 0. The Morgan fingerprint density at radius 2 is 1.96 bits per heavy atom. The van der Waals surface area contributed by atoms with Gasteiger partial charge in [0.2, 0.25) is 11.8 Å². The number of benzene rings is 1. The quantitative estimate of drug-likeness (QED) is 0.356. The molecule has 1 unspecified atom stereocenters. The van der Waals surface area contributed by atoms with E-state index in [0.29, 0.717) is 5.56 Å². The third-order valence-corrected chi connectivity index (χ3v) is 4.71. The molecule has 0 saturated carbocycles. The number of hydrogen-bond acceptors (Lipinski definition) is 6. The summed E-state index contributed by atoms with van der Waals surface area (Å²) in [5, 5.41) is 2.15. The van der Waals surface area contributed by atoms with Gasteiger partial charge in [-0.2, -0.15) is 0 Å². The van der Waals surface area contributed by atoms with E-state index in [1.807, 2.05) is 0 Å². The summed E-state index contributed by atoms with van der Waals surface area (Å²) >= 11 is 1.70. The molecule has 3 rings (SSSR count). The van der Waals surface area contributed by atoms with Crippen LogP contribution in [0.15, 0.2) is 18.2 Å².